The number of terminal acetylenes is 1. The summed E-state index contributed by atoms with van der Waals surface area (Å²) in [5.41, 5.74) is 5.75. The second-order valence-electron chi connectivity index (χ2n) is 7.07. The van der Waals surface area contributed by atoms with Crippen LogP contribution in [0.4, 0.5) is 0 Å². The van der Waals surface area contributed by atoms with Crippen LogP contribution in [0, 0.1) is 26.2 Å². The lowest BCUT2D eigenvalue weighted by Crippen LogP contribution is -2.14. The Morgan fingerprint density at radius 3 is 2.61 bits per heavy atom. The van der Waals surface area contributed by atoms with Gasteiger partial charge in [-0.3, -0.25) is 4.79 Å². The highest BCUT2D eigenvalue weighted by atomic mass is 16.1. The number of hydrogen-bond donors (Lipinski definition) is 0. The Morgan fingerprint density at radius 1 is 1.11 bits per heavy atom. The molecular weight excluding hydrogens is 346 g/mol. The maximum Gasteiger partial charge on any atom is 0.204 e. The largest absolute Gasteiger partial charge is 0.298 e. The first-order chi connectivity index (χ1) is 13.5. The Kier molecular flexibility index (Phi) is 6.06. The number of Topliss-reactive ketones (excluding diaryl/α,β-unsaturated/α-hetero) is 1. The van der Waals surface area contributed by atoms with Gasteiger partial charge in [-0.05, 0) is 60.9 Å². The number of ketones is 1. The Bertz CT molecular complexity index is 1040. The molecule has 0 fully saturated rings. The number of rotatable bonds is 7. The number of carbonyl (C=O) groups excluding carboxylic acids is 1. The molecular formula is C24H25N3O. The van der Waals surface area contributed by atoms with Crippen LogP contribution in [0.15, 0.2) is 42.5 Å². The fraction of sp³-hybridized carbons (Fsp3) is 0.292. The molecule has 142 valence electrons. The van der Waals surface area contributed by atoms with Crippen LogP contribution < -0.4 is 0 Å². The van der Waals surface area contributed by atoms with Crippen LogP contribution in [0.5, 0.6) is 0 Å². The zero-order chi connectivity index (χ0) is 20.1. The summed E-state index contributed by atoms with van der Waals surface area (Å²) in [7, 11) is 0. The maximum atomic E-state index is 12.5. The van der Waals surface area contributed by atoms with Gasteiger partial charge in [-0.1, -0.05) is 43.3 Å². The van der Waals surface area contributed by atoms with E-state index in [1.54, 1.807) is 0 Å². The number of carbonyl (C=O) groups is 1. The van der Waals surface area contributed by atoms with Crippen molar-refractivity contribution in [2.45, 2.75) is 46.6 Å². The summed E-state index contributed by atoms with van der Waals surface area (Å²) in [6.07, 6.45) is 7.75. The Hall–Kier alpha value is -3.19. The number of benzene rings is 2. The number of nitrogens with zero attached hydrogens (tertiary/aromatic N) is 3. The highest BCUT2D eigenvalue weighted by Gasteiger charge is 2.14. The van der Waals surface area contributed by atoms with Crippen molar-refractivity contribution >= 4 is 5.78 Å². The molecule has 3 aromatic rings. The third-order valence-corrected chi connectivity index (χ3v) is 4.98. The summed E-state index contributed by atoms with van der Waals surface area (Å²) in [5, 5.41) is 4.49. The van der Waals surface area contributed by atoms with E-state index in [1.165, 1.54) is 26.9 Å². The molecule has 4 heteroatoms. The van der Waals surface area contributed by atoms with Crippen LogP contribution in [-0.2, 0) is 24.2 Å². The van der Waals surface area contributed by atoms with Gasteiger partial charge in [-0.25, -0.2) is 4.68 Å². The summed E-state index contributed by atoms with van der Waals surface area (Å²) in [4.78, 5) is 16.9. The van der Waals surface area contributed by atoms with Gasteiger partial charge in [0.2, 0.25) is 5.82 Å². The molecule has 1 heterocycles. The van der Waals surface area contributed by atoms with Crippen LogP contribution in [0.1, 0.15) is 41.4 Å². The summed E-state index contributed by atoms with van der Waals surface area (Å²) >= 11 is 0. The minimum absolute atomic E-state index is 0.0925. The third-order valence-electron chi connectivity index (χ3n) is 4.98. The van der Waals surface area contributed by atoms with Crippen LogP contribution >= 0.6 is 0 Å². The van der Waals surface area contributed by atoms with Gasteiger partial charge < -0.3 is 0 Å². The monoisotopic (exact) mass is 371 g/mol. The Morgan fingerprint density at radius 2 is 1.89 bits per heavy atom. The molecule has 0 aliphatic heterocycles. The predicted molar refractivity (Wildman–Crippen MR) is 112 cm³/mol. The Labute approximate surface area is 166 Å². The summed E-state index contributed by atoms with van der Waals surface area (Å²) in [6.45, 7) is 6.39. The Balaban J connectivity index is 1.71. The lowest BCUT2D eigenvalue weighted by molar-refractivity contribution is -0.119. The lowest BCUT2D eigenvalue weighted by Gasteiger charge is -2.05. The molecule has 2 aromatic carbocycles. The van der Waals surface area contributed by atoms with Gasteiger partial charge in [0.25, 0.3) is 0 Å². The van der Waals surface area contributed by atoms with Crippen molar-refractivity contribution in [3.63, 3.8) is 0 Å². The zero-order valence-corrected chi connectivity index (χ0v) is 16.7. The summed E-state index contributed by atoms with van der Waals surface area (Å²) in [6, 6.07) is 14.4. The van der Waals surface area contributed by atoms with E-state index in [0.29, 0.717) is 18.1 Å². The van der Waals surface area contributed by atoms with E-state index in [2.05, 4.69) is 55.0 Å². The summed E-state index contributed by atoms with van der Waals surface area (Å²) < 4.78 is 1.54. The minimum Gasteiger partial charge on any atom is -0.298 e. The van der Waals surface area contributed by atoms with E-state index in [0.717, 1.165) is 18.4 Å². The van der Waals surface area contributed by atoms with Gasteiger partial charge >= 0.3 is 0 Å². The van der Waals surface area contributed by atoms with E-state index in [1.807, 2.05) is 24.3 Å². The first kappa shape index (κ1) is 19.6. The molecule has 0 saturated heterocycles. The van der Waals surface area contributed by atoms with Crippen molar-refractivity contribution < 1.29 is 4.79 Å². The molecule has 3 rings (SSSR count). The van der Waals surface area contributed by atoms with Crippen molar-refractivity contribution in [3.8, 4) is 23.7 Å². The molecule has 0 unspecified atom stereocenters. The van der Waals surface area contributed by atoms with E-state index in [4.69, 9.17) is 6.42 Å². The molecule has 0 atom stereocenters. The van der Waals surface area contributed by atoms with E-state index in [9.17, 15) is 4.79 Å². The van der Waals surface area contributed by atoms with E-state index < -0.39 is 0 Å². The third kappa shape index (κ3) is 4.55. The minimum atomic E-state index is 0.0925. The van der Waals surface area contributed by atoms with Gasteiger partial charge in [0, 0.05) is 12.0 Å². The lowest BCUT2D eigenvalue weighted by atomic mass is 10.0. The maximum absolute atomic E-state index is 12.5. The molecule has 0 aliphatic rings. The molecule has 0 saturated carbocycles. The number of hydrogen-bond acceptors (Lipinski definition) is 3. The average Bonchev–Trinajstić information content (AvgIpc) is 3.11. The highest BCUT2D eigenvalue weighted by molar-refractivity contribution is 5.78. The molecule has 0 N–H and O–H groups in total. The van der Waals surface area contributed by atoms with Gasteiger partial charge in [0.05, 0.1) is 0 Å². The van der Waals surface area contributed by atoms with Gasteiger partial charge in [-0.2, -0.15) is 4.98 Å². The van der Waals surface area contributed by atoms with Gasteiger partial charge in [0.1, 0.15) is 6.54 Å². The van der Waals surface area contributed by atoms with Crippen LogP contribution in [-0.4, -0.2) is 20.5 Å². The highest BCUT2D eigenvalue weighted by Crippen LogP contribution is 2.19. The molecule has 0 bridgehead atoms. The molecule has 0 spiro atoms. The van der Waals surface area contributed by atoms with Crippen molar-refractivity contribution in [3.05, 3.63) is 70.5 Å². The molecule has 0 radical (unpaired) electrons. The quantitative estimate of drug-likeness (QED) is 0.582. The first-order valence-electron chi connectivity index (χ1n) is 9.58. The van der Waals surface area contributed by atoms with Crippen LogP contribution in [0.2, 0.25) is 0 Å². The van der Waals surface area contributed by atoms with Crippen molar-refractivity contribution in [1.29, 1.82) is 0 Å². The SMILES string of the molecule is C#Cc1nc(-c2ccc(C)c(C)c2)nn1CC(=O)CCc1cccc(CC)c1. The second-order valence-corrected chi connectivity index (χ2v) is 7.07. The standard InChI is InChI=1S/C24H25N3O/c1-5-19-8-7-9-20(15-19)11-13-22(28)16-27-23(6-2)25-24(26-27)21-12-10-17(3)18(4)14-21/h2,7-10,12,14-15H,5,11,13,16H2,1,3-4H3. The van der Waals surface area contributed by atoms with Crippen molar-refractivity contribution in [2.75, 3.05) is 0 Å². The normalized spacial score (nSPS) is 10.6. The van der Waals surface area contributed by atoms with Gasteiger partial charge in [-0.15, -0.1) is 11.5 Å². The van der Waals surface area contributed by atoms with Crippen LogP contribution in [0.3, 0.4) is 0 Å². The summed E-state index contributed by atoms with van der Waals surface area (Å²) in [5.74, 6) is 3.57. The topological polar surface area (TPSA) is 47.8 Å². The predicted octanol–water partition coefficient (Wildman–Crippen LogP) is 4.31. The second kappa shape index (κ2) is 8.67. The van der Waals surface area contributed by atoms with E-state index in [-0.39, 0.29) is 12.3 Å². The van der Waals surface area contributed by atoms with Crippen LogP contribution in [0.25, 0.3) is 11.4 Å². The number of aromatic nitrogens is 3. The molecule has 0 amide bonds. The molecule has 28 heavy (non-hydrogen) atoms. The first-order valence-corrected chi connectivity index (χ1v) is 9.58. The molecule has 0 aliphatic carbocycles. The smallest absolute Gasteiger partial charge is 0.204 e. The van der Waals surface area contributed by atoms with Gasteiger partial charge in [0.15, 0.2) is 11.6 Å². The number of aryl methyl sites for hydroxylation is 4. The fourth-order valence-corrected chi connectivity index (χ4v) is 3.10. The fourth-order valence-electron chi connectivity index (χ4n) is 3.10. The zero-order valence-electron chi connectivity index (χ0n) is 16.7. The molecule has 1 aromatic heterocycles. The van der Waals surface area contributed by atoms with Crippen molar-refractivity contribution in [1.82, 2.24) is 14.8 Å². The average molecular weight is 371 g/mol. The van der Waals surface area contributed by atoms with Crippen molar-refractivity contribution in [2.24, 2.45) is 0 Å². The van der Waals surface area contributed by atoms with E-state index >= 15 is 0 Å². The molecule has 4 nitrogen and oxygen atoms in total.